The van der Waals surface area contributed by atoms with E-state index in [-0.39, 0.29) is 24.7 Å². The first kappa shape index (κ1) is 48.0. The second-order valence-electron chi connectivity index (χ2n) is 18.7. The van der Waals surface area contributed by atoms with E-state index in [0.717, 1.165) is 79.1 Å². The van der Waals surface area contributed by atoms with Gasteiger partial charge in [0.15, 0.2) is 5.82 Å². The van der Waals surface area contributed by atoms with Gasteiger partial charge in [0.05, 0.1) is 45.9 Å². The summed E-state index contributed by atoms with van der Waals surface area (Å²) >= 11 is 3.63. The van der Waals surface area contributed by atoms with Crippen molar-refractivity contribution in [3.63, 3.8) is 0 Å². The number of anilines is 7. The maximum Gasteiger partial charge on any atom is 0.329 e. The molecule has 0 unspecified atom stereocenters. The Bertz CT molecular complexity index is 3250. The molecule has 71 heavy (non-hydrogen) atoms. The summed E-state index contributed by atoms with van der Waals surface area (Å²) in [6.45, 7) is 11.3. The number of piperidine rings is 1. The molecule has 0 radical (unpaired) electrons. The Kier molecular flexibility index (Phi) is 13.2. The van der Waals surface area contributed by atoms with Crippen LogP contribution in [0.3, 0.4) is 0 Å². The van der Waals surface area contributed by atoms with Gasteiger partial charge in [-0.15, -0.1) is 0 Å². The van der Waals surface area contributed by atoms with Gasteiger partial charge in [0, 0.05) is 137 Å². The molecule has 3 amide bonds. The minimum atomic E-state index is -2.82. The Hall–Kier alpha value is -6.70. The first-order chi connectivity index (χ1) is 34.1. The van der Waals surface area contributed by atoms with Crippen molar-refractivity contribution in [3.05, 3.63) is 77.3 Å². The van der Waals surface area contributed by atoms with Gasteiger partial charge in [-0.25, -0.2) is 24.1 Å². The van der Waals surface area contributed by atoms with Crippen molar-refractivity contribution in [1.29, 1.82) is 0 Å². The molecule has 0 spiro atoms. The highest BCUT2D eigenvalue weighted by Crippen LogP contribution is 2.44. The predicted octanol–water partition coefficient (Wildman–Crippen LogP) is 7.40. The lowest BCUT2D eigenvalue weighted by molar-refractivity contribution is -0.120. The summed E-state index contributed by atoms with van der Waals surface area (Å²) in [5, 5.41) is 20.1. The van der Waals surface area contributed by atoms with Gasteiger partial charge in [-0.2, -0.15) is 15.2 Å². The molecular weight excluding hydrogens is 993 g/mol. The van der Waals surface area contributed by atoms with E-state index < -0.39 is 13.2 Å². The number of fused-ring (bicyclic) bond motifs is 2. The molecule has 0 bridgehead atoms. The number of amides is 3. The molecule has 0 atom stereocenters. The first-order valence-electron chi connectivity index (χ1n) is 23.8. The standard InChI is InChI=1S/C49H56BrFN15O4P/c1-7-43-52-25-33-36(55-43)8-9-37(45(33)71(5,6)69)56-46-34(50)26-53-48(59-46)57-38-21-31(30-24-54-61(2)28-30)40(23-42(38)70-4)64-13-10-29(11-14-64)27-63-16-18-65(19-17-63)41-22-39-32(20-35(41)51)47(60-62(39)3)66-15-12-44(67)58-49(66)68/h8-9,20-26,28-29H,7,10-19,27H2,1-6H3,(H,58,67,68)(H2,53,56,57,59). The number of halogens is 2. The van der Waals surface area contributed by atoms with Crippen LogP contribution in [0.4, 0.5) is 49.5 Å². The van der Waals surface area contributed by atoms with Crippen LogP contribution >= 0.6 is 23.1 Å². The van der Waals surface area contributed by atoms with Crippen molar-refractivity contribution in [1.82, 2.24) is 49.7 Å². The number of nitrogens with one attached hydrogen (secondary N) is 3. The zero-order valence-electron chi connectivity index (χ0n) is 40.5. The predicted molar refractivity (Wildman–Crippen MR) is 279 cm³/mol. The Labute approximate surface area is 418 Å². The number of benzene rings is 3. The lowest BCUT2D eigenvalue weighted by Crippen LogP contribution is -2.49. The molecule has 0 saturated carbocycles. The van der Waals surface area contributed by atoms with E-state index >= 15 is 4.39 Å². The molecule has 3 aliphatic rings. The normalized spacial score (nSPS) is 16.3. The topological polar surface area (TPSA) is 197 Å². The molecule has 3 aliphatic heterocycles. The molecule has 3 aromatic carbocycles. The Balaban J connectivity index is 0.817. The Morgan fingerprint density at radius 1 is 0.887 bits per heavy atom. The van der Waals surface area contributed by atoms with Gasteiger partial charge < -0.3 is 29.7 Å². The molecule has 22 heteroatoms. The summed E-state index contributed by atoms with van der Waals surface area (Å²) in [6.07, 6.45) is 10.2. The highest BCUT2D eigenvalue weighted by atomic mass is 79.9. The summed E-state index contributed by atoms with van der Waals surface area (Å²) in [6, 6.07) is 10.7. The molecule has 10 rings (SSSR count). The van der Waals surface area contributed by atoms with Crippen LogP contribution in [0.5, 0.6) is 5.75 Å². The number of hydrogen-bond acceptors (Lipinski definition) is 15. The lowest BCUT2D eigenvalue weighted by atomic mass is 9.94. The van der Waals surface area contributed by atoms with Crippen LogP contribution in [-0.4, -0.2) is 129 Å². The molecule has 7 aromatic rings. The van der Waals surface area contributed by atoms with E-state index in [1.54, 1.807) is 49.2 Å². The molecule has 4 aromatic heterocycles. The molecule has 370 valence electrons. The zero-order chi connectivity index (χ0) is 49.7. The molecule has 19 nitrogen and oxygen atoms in total. The van der Waals surface area contributed by atoms with Crippen LogP contribution in [-0.2, 0) is 29.9 Å². The largest absolute Gasteiger partial charge is 0.494 e. The van der Waals surface area contributed by atoms with E-state index in [9.17, 15) is 14.2 Å². The summed E-state index contributed by atoms with van der Waals surface area (Å²) in [5.41, 5.74) is 6.29. The van der Waals surface area contributed by atoms with E-state index in [2.05, 4.69) is 83.9 Å². The van der Waals surface area contributed by atoms with Gasteiger partial charge in [0.1, 0.15) is 30.4 Å². The number of rotatable bonds is 13. The number of carbonyl (C=O) groups is 2. The molecule has 0 aliphatic carbocycles. The summed E-state index contributed by atoms with van der Waals surface area (Å²) in [5.74, 6) is 2.30. The van der Waals surface area contributed by atoms with E-state index in [1.807, 2.05) is 44.6 Å². The Morgan fingerprint density at radius 3 is 2.37 bits per heavy atom. The number of nitrogens with zero attached hydrogens (tertiary/aromatic N) is 12. The molecule has 3 N–H and O–H groups in total. The van der Waals surface area contributed by atoms with Gasteiger partial charge in [0.25, 0.3) is 0 Å². The molecule has 3 saturated heterocycles. The van der Waals surface area contributed by atoms with Crippen molar-refractivity contribution >= 4 is 102 Å². The van der Waals surface area contributed by atoms with Crippen LogP contribution in [0, 0.1) is 11.7 Å². The number of hydrogen-bond donors (Lipinski definition) is 3. The van der Waals surface area contributed by atoms with Crippen LogP contribution < -0.4 is 40.7 Å². The Morgan fingerprint density at radius 2 is 1.66 bits per heavy atom. The number of aromatic nitrogens is 8. The van der Waals surface area contributed by atoms with Crippen LogP contribution in [0.2, 0.25) is 0 Å². The van der Waals surface area contributed by atoms with Crippen LogP contribution in [0.15, 0.2) is 65.7 Å². The minimum absolute atomic E-state index is 0.160. The summed E-state index contributed by atoms with van der Waals surface area (Å²) in [4.78, 5) is 51.4. The molecular formula is C49H56BrFN15O4P. The average molecular weight is 1050 g/mol. The monoisotopic (exact) mass is 1050 g/mol. The highest BCUT2D eigenvalue weighted by Gasteiger charge is 2.31. The van der Waals surface area contributed by atoms with E-state index in [4.69, 9.17) is 9.72 Å². The first-order valence-corrected chi connectivity index (χ1v) is 27.1. The summed E-state index contributed by atoms with van der Waals surface area (Å²) < 4.78 is 39.8. The second-order valence-corrected chi connectivity index (χ2v) is 22.7. The third kappa shape index (κ3) is 9.74. The number of methoxy groups -OCH3 is 1. The van der Waals surface area contributed by atoms with Crippen LogP contribution in [0.1, 0.15) is 32.0 Å². The maximum atomic E-state index is 15.9. The fourth-order valence-corrected chi connectivity index (χ4v) is 11.7. The van der Waals surface area contributed by atoms with Gasteiger partial charge >= 0.3 is 6.03 Å². The van der Waals surface area contributed by atoms with Gasteiger partial charge in [0.2, 0.25) is 11.9 Å². The lowest BCUT2D eigenvalue weighted by Gasteiger charge is -2.40. The highest BCUT2D eigenvalue weighted by molar-refractivity contribution is 9.10. The SMILES string of the molecule is CCc1ncc2c(P(C)(C)=O)c(Nc3nc(Nc4cc(-c5cnn(C)c5)c(N5CCC(CN6CCN(c7cc8c(cc7F)c(N7CCC(=O)NC7=O)nn8C)CC6)CC5)cc4OC)ncc3Br)ccc2n1. The zero-order valence-corrected chi connectivity index (χ0v) is 43.0. The number of imide groups is 1. The van der Waals surface area contributed by atoms with Gasteiger partial charge in [-0.3, -0.25) is 29.3 Å². The van der Waals surface area contributed by atoms with Crippen molar-refractivity contribution in [2.24, 2.45) is 20.0 Å². The molecule has 7 heterocycles. The summed E-state index contributed by atoms with van der Waals surface area (Å²) in [7, 11) is 2.52. The quantitative estimate of drug-likeness (QED) is 0.0966. The average Bonchev–Trinajstić information content (AvgIpc) is 3.93. The minimum Gasteiger partial charge on any atom is -0.494 e. The van der Waals surface area contributed by atoms with Crippen LogP contribution in [0.25, 0.3) is 32.9 Å². The third-order valence-electron chi connectivity index (χ3n) is 13.6. The fourth-order valence-electron chi connectivity index (χ4n) is 9.98. The van der Waals surface area contributed by atoms with E-state index in [1.165, 1.54) is 11.0 Å². The van der Waals surface area contributed by atoms with Gasteiger partial charge in [-0.1, -0.05) is 6.92 Å². The van der Waals surface area contributed by atoms with Crippen molar-refractivity contribution < 1.29 is 23.3 Å². The van der Waals surface area contributed by atoms with Crippen molar-refractivity contribution in [2.75, 3.05) is 98.1 Å². The number of ether oxygens (including phenoxy) is 1. The number of carbonyl (C=O) groups excluding carboxylic acids is 2. The van der Waals surface area contributed by atoms with Gasteiger partial charge in [-0.05, 0) is 78.4 Å². The fraction of sp³-hybridized carbons (Fsp3) is 0.388. The number of piperazine rings is 1. The second kappa shape index (κ2) is 19.5. The number of aryl methyl sites for hydroxylation is 3. The van der Waals surface area contributed by atoms with E-state index in [0.29, 0.717) is 86.5 Å². The van der Waals surface area contributed by atoms with Crippen molar-refractivity contribution in [2.45, 2.75) is 32.6 Å². The van der Waals surface area contributed by atoms with Crippen molar-refractivity contribution in [3.8, 4) is 16.9 Å². The molecule has 3 fully saturated rings. The smallest absolute Gasteiger partial charge is 0.329 e. The third-order valence-corrected chi connectivity index (χ3v) is 15.8. The maximum absolute atomic E-state index is 15.9. The number of urea groups is 1.